The lowest BCUT2D eigenvalue weighted by Crippen LogP contribution is -2.34. The quantitative estimate of drug-likeness (QED) is 0.191. The number of fused-ring (bicyclic) bond motifs is 1. The summed E-state index contributed by atoms with van der Waals surface area (Å²) < 4.78 is 0. The fraction of sp³-hybridized carbons (Fsp3) is 0. The molecule has 5 aromatic rings. The number of aromatic hydroxyl groups is 1. The normalized spacial score (nSPS) is 10.9. The van der Waals surface area contributed by atoms with Gasteiger partial charge in [-0.1, -0.05) is 41.7 Å². The van der Waals surface area contributed by atoms with Crippen LogP contribution in [0.25, 0.3) is 31.9 Å². The largest absolute Gasteiger partial charge is 0.508 e. The Bertz CT molecular complexity index is 1500. The Balaban J connectivity index is 1.36. The number of nitrogens with zero attached hydrogens (tertiary/aromatic N) is 3. The van der Waals surface area contributed by atoms with Crippen molar-refractivity contribution >= 4 is 39.5 Å². The molecule has 0 aliphatic rings. The van der Waals surface area contributed by atoms with Gasteiger partial charge in [0.2, 0.25) is 0 Å². The lowest BCUT2D eigenvalue weighted by Gasteiger charge is -2.18. The average Bonchev–Trinajstić information content (AvgIpc) is 3.34. The maximum absolute atomic E-state index is 12.6. The predicted octanol–water partition coefficient (Wildman–Crippen LogP) is 4.77. The van der Waals surface area contributed by atoms with Crippen molar-refractivity contribution in [3.8, 4) is 26.9 Å². The van der Waals surface area contributed by atoms with Gasteiger partial charge in [0.25, 0.3) is 0 Å². The highest BCUT2D eigenvalue weighted by Gasteiger charge is 2.15. The lowest BCUT2D eigenvalue weighted by atomic mass is 10.0. The summed E-state index contributed by atoms with van der Waals surface area (Å²) in [6.45, 7) is 0. The van der Waals surface area contributed by atoms with Gasteiger partial charge in [0.1, 0.15) is 21.5 Å². The van der Waals surface area contributed by atoms with Gasteiger partial charge in [0, 0.05) is 11.1 Å². The molecule has 1 heterocycles. The van der Waals surface area contributed by atoms with Crippen molar-refractivity contribution in [1.29, 1.82) is 0 Å². The Hall–Kier alpha value is -4.47. The third-order valence-electron chi connectivity index (χ3n) is 5.22. The fourth-order valence-electron chi connectivity index (χ4n) is 3.45. The molecule has 5 N–H and O–H groups in total. The van der Waals surface area contributed by atoms with Gasteiger partial charge >= 0.3 is 5.97 Å². The molecule has 8 nitrogen and oxygen atoms in total. The van der Waals surface area contributed by atoms with Crippen molar-refractivity contribution in [1.82, 2.24) is 10.2 Å². The summed E-state index contributed by atoms with van der Waals surface area (Å²) >= 11 is 1.46. The van der Waals surface area contributed by atoms with E-state index in [4.69, 9.17) is 16.4 Å². The second kappa shape index (κ2) is 8.81. The molecule has 0 radical (unpaired) electrons. The minimum Gasteiger partial charge on any atom is -0.508 e. The van der Waals surface area contributed by atoms with E-state index in [9.17, 15) is 9.90 Å². The number of hydrogen-bond acceptors (Lipinski definition) is 9. The van der Waals surface area contributed by atoms with Crippen LogP contribution in [0.5, 0.6) is 5.75 Å². The number of hydrogen-bond donors (Lipinski definition) is 3. The van der Waals surface area contributed by atoms with E-state index < -0.39 is 5.97 Å². The van der Waals surface area contributed by atoms with Crippen LogP contribution in [0.3, 0.4) is 0 Å². The summed E-state index contributed by atoms with van der Waals surface area (Å²) in [5.41, 5.74) is 8.83. The molecule has 34 heavy (non-hydrogen) atoms. The van der Waals surface area contributed by atoms with Gasteiger partial charge in [-0.15, -0.1) is 15.4 Å². The van der Waals surface area contributed by atoms with E-state index in [1.54, 1.807) is 60.7 Å². The van der Waals surface area contributed by atoms with Gasteiger partial charge in [-0.25, -0.2) is 10.6 Å². The number of carbonyl (C=O) groups excluding carboxylic acids is 1. The molecular weight excluding hydrogens is 450 g/mol. The molecule has 168 valence electrons. The van der Waals surface area contributed by atoms with Gasteiger partial charge in [-0.2, -0.15) is 0 Å². The van der Waals surface area contributed by atoms with Gasteiger partial charge in [0.15, 0.2) is 0 Å². The molecule has 0 aliphatic heterocycles. The Morgan fingerprint density at radius 1 is 0.853 bits per heavy atom. The van der Waals surface area contributed by atoms with Crippen LogP contribution in [0.2, 0.25) is 0 Å². The number of hydrazine groups is 1. The first-order valence-electron chi connectivity index (χ1n) is 10.3. The Kier molecular flexibility index (Phi) is 5.54. The van der Waals surface area contributed by atoms with E-state index in [2.05, 4.69) is 10.2 Å². The summed E-state index contributed by atoms with van der Waals surface area (Å²) in [7, 11) is 0. The van der Waals surface area contributed by atoms with Crippen LogP contribution in [0.1, 0.15) is 10.4 Å². The van der Waals surface area contributed by atoms with Crippen molar-refractivity contribution < 1.29 is 14.7 Å². The number of rotatable bonds is 5. The van der Waals surface area contributed by atoms with E-state index in [1.165, 1.54) is 11.3 Å². The van der Waals surface area contributed by atoms with Gasteiger partial charge < -0.3 is 15.7 Å². The standard InChI is InChI=1S/C25H19N5O3S/c26-21-3-1-2-4-22(21)30(27)33-25(32)19-8-6-16-13-18(7-5-17(16)14-19)24-29-28-23(34-24)15-9-11-20(31)12-10-15/h1-14,31H,26-27H2. The van der Waals surface area contributed by atoms with E-state index in [0.717, 1.165) is 37.1 Å². The number of nitrogen functional groups attached to an aromatic ring is 1. The minimum absolute atomic E-state index is 0.203. The van der Waals surface area contributed by atoms with Crippen molar-refractivity contribution in [3.63, 3.8) is 0 Å². The zero-order chi connectivity index (χ0) is 23.7. The highest BCUT2D eigenvalue weighted by atomic mass is 32.1. The Morgan fingerprint density at radius 3 is 2.26 bits per heavy atom. The van der Waals surface area contributed by atoms with Crippen LogP contribution < -0.4 is 16.7 Å². The topological polar surface area (TPSA) is 128 Å². The SMILES string of the molecule is Nc1ccccc1N(N)OC(=O)c1ccc2cc(-c3nnc(-c4ccc(O)cc4)s3)ccc2c1. The Labute approximate surface area is 198 Å². The summed E-state index contributed by atoms with van der Waals surface area (Å²) in [6, 6.07) is 24.8. The van der Waals surface area contributed by atoms with Crippen LogP contribution in [0, 0.1) is 0 Å². The summed E-state index contributed by atoms with van der Waals surface area (Å²) in [5.74, 6) is 5.47. The summed E-state index contributed by atoms with van der Waals surface area (Å²) in [4.78, 5) is 17.9. The number of nitrogens with two attached hydrogens (primary N) is 2. The number of phenols is 1. The van der Waals surface area contributed by atoms with Crippen molar-refractivity contribution in [2.24, 2.45) is 5.84 Å². The first-order valence-corrected chi connectivity index (χ1v) is 11.1. The molecule has 0 aliphatic carbocycles. The number of para-hydroxylation sites is 2. The fourth-order valence-corrected chi connectivity index (χ4v) is 4.29. The molecule has 0 bridgehead atoms. The number of benzene rings is 4. The number of anilines is 2. The number of aromatic nitrogens is 2. The molecule has 0 saturated carbocycles. The third kappa shape index (κ3) is 4.25. The van der Waals surface area contributed by atoms with Gasteiger partial charge in [0.05, 0.1) is 11.3 Å². The molecule has 0 unspecified atom stereocenters. The summed E-state index contributed by atoms with van der Waals surface area (Å²) in [6.07, 6.45) is 0. The molecule has 0 amide bonds. The molecule has 0 saturated heterocycles. The molecule has 0 spiro atoms. The molecule has 0 atom stereocenters. The zero-order valence-electron chi connectivity index (χ0n) is 17.8. The number of phenolic OH excluding ortho intramolecular Hbond substituents is 1. The van der Waals surface area contributed by atoms with Gasteiger partial charge in [-0.3, -0.25) is 0 Å². The van der Waals surface area contributed by atoms with Crippen LogP contribution >= 0.6 is 11.3 Å². The van der Waals surface area contributed by atoms with Crippen molar-refractivity contribution in [2.45, 2.75) is 0 Å². The lowest BCUT2D eigenvalue weighted by molar-refractivity contribution is 0.0451. The second-order valence-electron chi connectivity index (χ2n) is 7.50. The molecule has 4 aromatic carbocycles. The maximum atomic E-state index is 12.6. The van der Waals surface area contributed by atoms with Gasteiger partial charge in [-0.05, 0) is 65.4 Å². The first kappa shape index (κ1) is 21.4. The number of carbonyl (C=O) groups is 1. The third-order valence-corrected chi connectivity index (χ3v) is 6.24. The van der Waals surface area contributed by atoms with Crippen molar-refractivity contribution in [2.75, 3.05) is 10.9 Å². The molecular formula is C25H19N5O3S. The zero-order valence-corrected chi connectivity index (χ0v) is 18.6. The molecule has 0 fully saturated rings. The highest BCUT2D eigenvalue weighted by Crippen LogP contribution is 2.32. The van der Waals surface area contributed by atoms with Crippen LogP contribution in [-0.4, -0.2) is 21.3 Å². The van der Waals surface area contributed by atoms with E-state index >= 15 is 0 Å². The van der Waals surface area contributed by atoms with E-state index in [0.29, 0.717) is 16.9 Å². The van der Waals surface area contributed by atoms with E-state index in [-0.39, 0.29) is 5.75 Å². The van der Waals surface area contributed by atoms with Crippen LogP contribution in [0.15, 0.2) is 84.9 Å². The Morgan fingerprint density at radius 2 is 1.50 bits per heavy atom. The van der Waals surface area contributed by atoms with E-state index in [1.807, 2.05) is 24.3 Å². The minimum atomic E-state index is -0.598. The molecule has 5 rings (SSSR count). The van der Waals surface area contributed by atoms with Crippen LogP contribution in [0.4, 0.5) is 11.4 Å². The molecule has 9 heteroatoms. The molecule has 1 aromatic heterocycles. The smallest absolute Gasteiger partial charge is 0.365 e. The van der Waals surface area contributed by atoms with Crippen LogP contribution in [-0.2, 0) is 4.84 Å². The monoisotopic (exact) mass is 469 g/mol. The van der Waals surface area contributed by atoms with Crippen molar-refractivity contribution in [3.05, 3.63) is 90.5 Å². The summed E-state index contributed by atoms with van der Waals surface area (Å²) in [5, 5.41) is 22.3. The highest BCUT2D eigenvalue weighted by molar-refractivity contribution is 7.17. The maximum Gasteiger partial charge on any atom is 0.365 e. The first-order chi connectivity index (χ1) is 16.5. The average molecular weight is 470 g/mol. The second-order valence-corrected chi connectivity index (χ2v) is 8.48. The predicted molar refractivity (Wildman–Crippen MR) is 133 cm³/mol.